The number of hydrogen-bond acceptors (Lipinski definition) is 34. The van der Waals surface area contributed by atoms with Gasteiger partial charge in [0.2, 0.25) is 36.1 Å². The number of carbonyl (C=O) groups excluding carboxylic acids is 12. The van der Waals surface area contributed by atoms with Gasteiger partial charge in [0.1, 0.15) is 41.1 Å². The zero-order valence-corrected chi connectivity index (χ0v) is 79.7. The minimum absolute atomic E-state index is 0.00255. The standard InChI is InChI=1S/C16H20BNO5S.C15H18BNO6S.C15H20BNO5S.2C14H19BN2O5.C14H18BNO5S/c1-11(20)10-12-4-2-6-15(17(22)23-12)18-16(21)13(7-8-19)14-5-3-9-24-14;1-9(18)7-10-4-5-13(16(22)23-10)17-15(21)11(8-14(19)20)12-3-2-6-24-12;1-10(19)9-11-4-5-14(16(21)22-11)17-15(20)12(6-7-18)13-3-2-8-23-13;1-10(18)7-12-4-5-13(15(20)22-12)16-14(19)8-11-3-2-6-17(21)9-11;1-10(18)8-12-5-6-13(15(20)22-12)16-14(19)9-11-4-2-3-7-17(11)21;1-9(18)7-10-4-5-13(15(20)21-10)16-14(19)11(8-17)12-3-2-6-22-12/h2-5,7,9,12,15,19,22H,6,8,10H2,1H3,(H,18,21);2-3,6,8,10,13,22H,4-5,7H2,1H3,(H,17,21)(H,19,20);2-3,6,8,11,14,18,21H,4-5,7,9H2,1H3,(H,17,20);2-3,6,9,12-13,20H,4-5,7-8H2,1H3,(H-,16,19,21);2-4,7,12-13,20H,5-6,8-9H2,1H3,(H-,16,19,21);2-3,6,8,10,13,17,20H,4-5,7H2,1H3,(H,16,19)/p+2/b13-7-;11-8-;12-6-;;;11-8-/t12-,15+;10-,13-;11-,14-;2*12-,13-;10-,13-/m100000/s1. The molecule has 39 nitrogen and oxygen atoms in total. The van der Waals surface area contributed by atoms with Crippen LogP contribution in [0.25, 0.3) is 22.3 Å². The Morgan fingerprint density at radius 3 is 1.06 bits per heavy atom. The van der Waals surface area contributed by atoms with Gasteiger partial charge in [-0.2, -0.15) is 0 Å². The number of nitrogens with one attached hydrogen (secondary N) is 6. The number of nitrogens with zero attached hydrogens (tertiary/aromatic N) is 2. The molecule has 0 saturated carbocycles. The molecule has 0 aliphatic carbocycles. The molecule has 6 aromatic rings. The van der Waals surface area contributed by atoms with Gasteiger partial charge < -0.3 is 110 Å². The maximum absolute atomic E-state index is 12.5. The lowest BCUT2D eigenvalue weighted by molar-refractivity contribution is -0.909. The fourth-order valence-corrected chi connectivity index (χ4v) is 18.0. The summed E-state index contributed by atoms with van der Waals surface area (Å²) in [6.07, 6.45) is 17.7. The molecule has 734 valence electrons. The van der Waals surface area contributed by atoms with Gasteiger partial charge in [0, 0.05) is 128 Å². The number of pyridine rings is 2. The molecule has 5 fully saturated rings. The molecule has 0 bridgehead atoms. The van der Waals surface area contributed by atoms with Crippen molar-refractivity contribution >= 4 is 186 Å². The van der Waals surface area contributed by atoms with Gasteiger partial charge in [-0.15, -0.1) is 45.3 Å². The van der Waals surface area contributed by atoms with Crippen LogP contribution in [0.4, 0.5) is 0 Å². The number of thiophene rings is 4. The number of carbonyl (C=O) groups is 13. The first-order valence-electron chi connectivity index (χ1n) is 44.2. The third-order valence-corrected chi connectivity index (χ3v) is 25.0. The number of aliphatic hydroxyl groups is 3. The first-order valence-corrected chi connectivity index (χ1v) is 47.7. The highest BCUT2D eigenvalue weighted by Crippen LogP contribution is 2.30. The predicted octanol–water partition coefficient (Wildman–Crippen LogP) is 2.76. The second-order valence-corrected chi connectivity index (χ2v) is 36.7. The summed E-state index contributed by atoms with van der Waals surface area (Å²) >= 11 is 5.37. The predicted molar refractivity (Wildman–Crippen MR) is 509 cm³/mol. The van der Waals surface area contributed by atoms with E-state index in [4.69, 9.17) is 43.2 Å². The van der Waals surface area contributed by atoms with Crippen molar-refractivity contribution in [2.75, 3.05) is 13.2 Å². The van der Waals surface area contributed by atoms with Crippen LogP contribution in [-0.2, 0) is 103 Å². The molecule has 0 unspecified atom stereocenters. The van der Waals surface area contributed by atoms with Gasteiger partial charge in [0.25, 0.3) is 23.6 Å². The van der Waals surface area contributed by atoms with Crippen molar-refractivity contribution in [2.45, 2.75) is 236 Å². The number of ketones is 6. The van der Waals surface area contributed by atoms with Crippen molar-refractivity contribution in [1.29, 1.82) is 0 Å². The van der Waals surface area contributed by atoms with E-state index >= 15 is 0 Å². The molecule has 6 aromatic heterocycles. The summed E-state index contributed by atoms with van der Waals surface area (Å²) < 4.78 is 34.0. The smallest absolute Gasteiger partial charge is 0.478 e. The van der Waals surface area contributed by atoms with Gasteiger partial charge in [-0.05, 0) is 182 Å². The van der Waals surface area contributed by atoms with E-state index in [1.54, 1.807) is 89.6 Å². The van der Waals surface area contributed by atoms with Crippen LogP contribution in [0.2, 0.25) is 0 Å². The number of aromatic nitrogens is 2. The molecule has 12 rings (SSSR count). The first-order chi connectivity index (χ1) is 65.3. The summed E-state index contributed by atoms with van der Waals surface area (Å²) in [6, 6.07) is 22.5. The number of amides is 6. The van der Waals surface area contributed by atoms with Crippen molar-refractivity contribution in [3.8, 4) is 0 Å². The minimum atomic E-state index is -1.23. The number of carboxylic acids is 1. The van der Waals surface area contributed by atoms with E-state index in [1.165, 1.54) is 118 Å². The second-order valence-electron chi connectivity index (χ2n) is 32.9. The Morgan fingerprint density at radius 2 is 0.730 bits per heavy atom. The topological polar surface area (TPSA) is 600 Å². The van der Waals surface area contributed by atoms with Gasteiger partial charge >= 0.3 is 48.7 Å². The number of aliphatic carboxylic acids is 1. The van der Waals surface area contributed by atoms with Crippen LogP contribution in [0, 0.1) is 0 Å². The Morgan fingerprint density at radius 1 is 0.394 bits per heavy atom. The monoisotopic (exact) mass is 1970 g/mol. The zero-order chi connectivity index (χ0) is 100. The molecule has 49 heteroatoms. The third kappa shape index (κ3) is 40.4. The molecule has 6 amide bonds. The Kier molecular flexibility index (Phi) is 48.7. The maximum atomic E-state index is 12.5. The van der Waals surface area contributed by atoms with Crippen molar-refractivity contribution in [2.24, 2.45) is 0 Å². The summed E-state index contributed by atoms with van der Waals surface area (Å²) in [7, 11) is -6.99. The summed E-state index contributed by atoms with van der Waals surface area (Å²) in [6.45, 7) is 8.33. The van der Waals surface area contributed by atoms with Crippen molar-refractivity contribution in [3.05, 3.63) is 186 Å². The highest BCUT2D eigenvalue weighted by Gasteiger charge is 2.43. The number of aliphatic hydroxyl groups excluding tert-OH is 3. The molecule has 18 N–H and O–H groups in total. The molecule has 12 atom stereocenters. The first kappa shape index (κ1) is 113. The lowest BCUT2D eigenvalue weighted by atomic mass is 9.72. The van der Waals surface area contributed by atoms with Crippen molar-refractivity contribution in [3.63, 3.8) is 0 Å². The molecular weight excluding hydrogens is 1860 g/mol. The highest BCUT2D eigenvalue weighted by molar-refractivity contribution is 7.12. The van der Waals surface area contributed by atoms with E-state index in [9.17, 15) is 108 Å². The molecular formula is C88H116B6N8O31S4+2. The Bertz CT molecular complexity index is 5120. The van der Waals surface area contributed by atoms with Gasteiger partial charge in [0.05, 0.1) is 89.9 Å². The molecule has 0 spiro atoms. The fraction of sp³-hybridized carbons (Fsp3) is 0.443. The van der Waals surface area contributed by atoms with E-state index in [2.05, 4.69) is 31.9 Å². The number of rotatable bonds is 33. The van der Waals surface area contributed by atoms with E-state index < -0.39 is 108 Å². The Balaban J connectivity index is 0.000000224. The lowest BCUT2D eigenvalue weighted by Crippen LogP contribution is -2.53. The normalized spacial score (nSPS) is 21.7. The third-order valence-electron chi connectivity index (χ3n) is 21.4. The summed E-state index contributed by atoms with van der Waals surface area (Å²) in [4.78, 5) is 154. The summed E-state index contributed by atoms with van der Waals surface area (Å²) in [5, 5.41) is 139. The van der Waals surface area contributed by atoms with E-state index in [0.29, 0.717) is 103 Å². The van der Waals surface area contributed by atoms with Gasteiger partial charge in [-0.25, -0.2) is 4.79 Å². The molecule has 6 aliphatic heterocycles. The van der Waals surface area contributed by atoms with Crippen LogP contribution in [-0.4, -0.2) is 265 Å². The maximum Gasteiger partial charge on any atom is 0.478 e. The second kappa shape index (κ2) is 58.9. The number of carboxylic acid groups (broad SMARTS) is 1. The van der Waals surface area contributed by atoms with Crippen LogP contribution >= 0.6 is 45.3 Å². The van der Waals surface area contributed by atoms with Crippen LogP contribution in [0.3, 0.4) is 0 Å². The molecule has 12 heterocycles. The van der Waals surface area contributed by atoms with Gasteiger partial charge in [0.15, 0.2) is 0 Å². The SMILES string of the molecule is CC(=O)C[C@@H]1CC[C@H](NC(=O)/C(=C\C(=O)O)c2cccs2)B(O)O1.CC(=O)C[C@@H]1CC[C@H](NC(=O)/C(=C\CO)c2cccs2)B(O)O1.CC(=O)C[C@@H]1CC[C@H](NC(=O)/C(=C\O)c2cccs2)B(O)O1.CC(=O)C[C@@H]1CC[C@H](NC(=O)Cc2ccc[n+](O)c2)B(O)O1.CC(=O)C[C@@H]1CC[C@H](NC(=O)Cc2cccc[n+]2O)B(O)O1.CC(=O)C[C@H]1C=CC[C@H](NC(=O)/C(=C\CO)c2cccs2)B(O)O1. The Labute approximate surface area is 809 Å². The Hall–Kier alpha value is -10.7. The van der Waals surface area contributed by atoms with Crippen molar-refractivity contribution in [1.82, 2.24) is 31.9 Å². The molecule has 5 saturated heterocycles. The highest BCUT2D eigenvalue weighted by atomic mass is 32.1. The van der Waals surface area contributed by atoms with E-state index in [0.717, 1.165) is 31.6 Å². The molecule has 137 heavy (non-hydrogen) atoms. The lowest BCUT2D eigenvalue weighted by Gasteiger charge is -2.31. The van der Waals surface area contributed by atoms with Crippen LogP contribution < -0.4 is 41.4 Å². The summed E-state index contributed by atoms with van der Waals surface area (Å²) in [5.41, 5.74) is 2.00. The van der Waals surface area contributed by atoms with Gasteiger partial charge in [-0.1, -0.05) is 36.4 Å². The van der Waals surface area contributed by atoms with Crippen LogP contribution in [0.1, 0.15) is 181 Å². The largest absolute Gasteiger partial charge is 0.515 e. The van der Waals surface area contributed by atoms with Crippen LogP contribution in [0.15, 0.2) is 156 Å². The zero-order valence-electron chi connectivity index (χ0n) is 76.4. The molecule has 0 radical (unpaired) electrons. The molecule has 0 aromatic carbocycles. The quantitative estimate of drug-likeness (QED) is 0.00703. The van der Waals surface area contributed by atoms with Crippen LogP contribution in [0.5, 0.6) is 0 Å². The number of Topliss-reactive ketones (excluding diaryl/α,β-unsaturated/α-hetero) is 6. The minimum Gasteiger partial charge on any atom is -0.515 e. The molecule has 6 aliphatic rings. The fourth-order valence-electron chi connectivity index (χ4n) is 15.0. The average molecular weight is 1980 g/mol. The van der Waals surface area contributed by atoms with Gasteiger partial charge in [-0.3, -0.25) is 67.9 Å². The summed E-state index contributed by atoms with van der Waals surface area (Å²) in [5.74, 6) is -7.01. The van der Waals surface area contributed by atoms with E-state index in [1.807, 2.05) is 22.9 Å². The average Bonchev–Trinajstić information content (AvgIpc) is 1.83. The van der Waals surface area contributed by atoms with E-state index in [-0.39, 0.29) is 159 Å². The number of hydrogen-bond donors (Lipinski definition) is 18. The van der Waals surface area contributed by atoms with Crippen molar-refractivity contribution < 1.29 is 161 Å².